The van der Waals surface area contributed by atoms with Gasteiger partial charge in [-0.2, -0.15) is 5.10 Å². The molecule has 2 aromatic heterocycles. The first-order valence-electron chi connectivity index (χ1n) is 6.92. The van der Waals surface area contributed by atoms with Crippen molar-refractivity contribution in [3.05, 3.63) is 59.5 Å². The molecule has 0 unspecified atom stereocenters. The van der Waals surface area contributed by atoms with Gasteiger partial charge in [0.25, 0.3) is 5.91 Å². The molecule has 112 valence electrons. The van der Waals surface area contributed by atoms with Crippen LogP contribution in [0.4, 0.5) is 0 Å². The predicted octanol–water partition coefficient (Wildman–Crippen LogP) is 2.31. The molecule has 22 heavy (non-hydrogen) atoms. The lowest BCUT2D eigenvalue weighted by molar-refractivity contribution is 0.0941. The van der Waals surface area contributed by atoms with E-state index in [0.29, 0.717) is 12.3 Å². The number of aryl methyl sites for hydroxylation is 2. The van der Waals surface area contributed by atoms with Crippen molar-refractivity contribution in [3.63, 3.8) is 0 Å². The summed E-state index contributed by atoms with van der Waals surface area (Å²) < 4.78 is 6.95. The van der Waals surface area contributed by atoms with Gasteiger partial charge < -0.3 is 9.84 Å². The summed E-state index contributed by atoms with van der Waals surface area (Å²) in [5.41, 5.74) is 3.23. The van der Waals surface area contributed by atoms with Crippen LogP contribution in [0.5, 0.6) is 0 Å². The van der Waals surface area contributed by atoms with Crippen molar-refractivity contribution in [1.29, 1.82) is 0 Å². The summed E-state index contributed by atoms with van der Waals surface area (Å²) in [7, 11) is 1.83. The Morgan fingerprint density at radius 1 is 1.27 bits per heavy atom. The number of carbonyl (C=O) groups excluding carboxylic acids is 1. The third-order valence-corrected chi connectivity index (χ3v) is 3.43. The zero-order valence-electron chi connectivity index (χ0n) is 12.4. The van der Waals surface area contributed by atoms with Crippen LogP contribution in [-0.2, 0) is 13.6 Å². The summed E-state index contributed by atoms with van der Waals surface area (Å²) in [5.74, 6) is 0.300. The summed E-state index contributed by atoms with van der Waals surface area (Å²) >= 11 is 0. The molecule has 6 heteroatoms. The fourth-order valence-corrected chi connectivity index (χ4v) is 2.07. The van der Waals surface area contributed by atoms with Crippen LogP contribution in [0.3, 0.4) is 0 Å². The van der Waals surface area contributed by atoms with Crippen molar-refractivity contribution in [2.75, 3.05) is 0 Å². The maximum absolute atomic E-state index is 12.1. The molecule has 0 saturated carbocycles. The highest BCUT2D eigenvalue weighted by Crippen LogP contribution is 2.20. The molecule has 0 fully saturated rings. The zero-order chi connectivity index (χ0) is 15.5. The van der Waals surface area contributed by atoms with E-state index in [4.69, 9.17) is 4.52 Å². The van der Waals surface area contributed by atoms with Gasteiger partial charge in [0.15, 0.2) is 11.5 Å². The van der Waals surface area contributed by atoms with Gasteiger partial charge in [-0.3, -0.25) is 9.48 Å². The Morgan fingerprint density at radius 3 is 2.73 bits per heavy atom. The number of hydrogen-bond donors (Lipinski definition) is 1. The van der Waals surface area contributed by atoms with E-state index in [0.717, 1.165) is 16.8 Å². The second-order valence-electron chi connectivity index (χ2n) is 5.07. The number of carbonyl (C=O) groups is 1. The third-order valence-electron chi connectivity index (χ3n) is 3.43. The van der Waals surface area contributed by atoms with Gasteiger partial charge in [-0.15, -0.1) is 0 Å². The summed E-state index contributed by atoms with van der Waals surface area (Å²) in [6, 6.07) is 11.3. The Balaban J connectivity index is 1.69. The van der Waals surface area contributed by atoms with E-state index in [1.165, 1.54) is 0 Å². The first-order valence-corrected chi connectivity index (χ1v) is 6.92. The molecule has 3 aromatic rings. The quantitative estimate of drug-likeness (QED) is 0.802. The van der Waals surface area contributed by atoms with E-state index in [-0.39, 0.29) is 11.6 Å². The highest BCUT2D eigenvalue weighted by atomic mass is 16.5. The number of amides is 1. The number of aromatic nitrogens is 3. The molecule has 0 aliphatic heterocycles. The summed E-state index contributed by atoms with van der Waals surface area (Å²) in [6.45, 7) is 2.41. The maximum atomic E-state index is 12.1. The van der Waals surface area contributed by atoms with E-state index >= 15 is 0 Å². The van der Waals surface area contributed by atoms with Crippen molar-refractivity contribution in [2.24, 2.45) is 7.05 Å². The molecule has 0 aliphatic carbocycles. The van der Waals surface area contributed by atoms with Gasteiger partial charge in [-0.1, -0.05) is 35.0 Å². The largest absolute Gasteiger partial charge is 0.355 e. The number of nitrogens with zero attached hydrogens (tertiary/aromatic N) is 3. The summed E-state index contributed by atoms with van der Waals surface area (Å²) in [5, 5.41) is 10.7. The standard InChI is InChI=1S/C16H16N4O2/c1-11-3-5-12(6-4-11)15-9-14(19-22-15)16(21)17-10-13-7-8-18-20(13)2/h3-9H,10H2,1-2H3,(H,17,21). The molecule has 1 aromatic carbocycles. The van der Waals surface area contributed by atoms with Crippen LogP contribution in [0.2, 0.25) is 0 Å². The molecule has 0 bridgehead atoms. The van der Waals surface area contributed by atoms with Crippen molar-refractivity contribution < 1.29 is 9.32 Å². The first kappa shape index (κ1) is 14.1. The molecule has 0 aliphatic rings. The average Bonchev–Trinajstić information content (AvgIpc) is 3.15. The summed E-state index contributed by atoms with van der Waals surface area (Å²) in [4.78, 5) is 12.1. The number of benzene rings is 1. The van der Waals surface area contributed by atoms with Crippen LogP contribution in [0.25, 0.3) is 11.3 Å². The monoisotopic (exact) mass is 296 g/mol. The second-order valence-corrected chi connectivity index (χ2v) is 5.07. The fourth-order valence-electron chi connectivity index (χ4n) is 2.07. The highest BCUT2D eigenvalue weighted by Gasteiger charge is 2.13. The molecule has 3 rings (SSSR count). The molecule has 0 radical (unpaired) electrons. The second kappa shape index (κ2) is 5.85. The lowest BCUT2D eigenvalue weighted by Crippen LogP contribution is -2.24. The van der Waals surface area contributed by atoms with Gasteiger partial charge in [0.05, 0.1) is 12.2 Å². The van der Waals surface area contributed by atoms with Crippen molar-refractivity contribution in [3.8, 4) is 11.3 Å². The van der Waals surface area contributed by atoms with Crippen molar-refractivity contribution >= 4 is 5.91 Å². The van der Waals surface area contributed by atoms with Crippen molar-refractivity contribution in [1.82, 2.24) is 20.3 Å². The van der Waals surface area contributed by atoms with E-state index in [1.54, 1.807) is 16.9 Å². The topological polar surface area (TPSA) is 73.0 Å². The molecule has 2 heterocycles. The molecule has 1 amide bonds. The lowest BCUT2D eigenvalue weighted by atomic mass is 10.1. The van der Waals surface area contributed by atoms with Gasteiger partial charge in [0, 0.05) is 24.9 Å². The smallest absolute Gasteiger partial charge is 0.273 e. The Hall–Kier alpha value is -2.89. The SMILES string of the molecule is Cc1ccc(-c2cc(C(=O)NCc3ccnn3C)no2)cc1. The molecular formula is C16H16N4O2. The zero-order valence-corrected chi connectivity index (χ0v) is 12.4. The molecule has 6 nitrogen and oxygen atoms in total. The molecule has 0 spiro atoms. The minimum absolute atomic E-state index is 0.262. The van der Waals surface area contributed by atoms with Gasteiger partial charge in [-0.25, -0.2) is 0 Å². The van der Waals surface area contributed by atoms with E-state index in [2.05, 4.69) is 15.6 Å². The number of nitrogens with one attached hydrogen (secondary N) is 1. The third kappa shape index (κ3) is 2.90. The van der Waals surface area contributed by atoms with Gasteiger partial charge >= 0.3 is 0 Å². The van der Waals surface area contributed by atoms with Crippen LogP contribution in [0.15, 0.2) is 47.1 Å². The molecule has 1 N–H and O–H groups in total. The minimum atomic E-state index is -0.275. The van der Waals surface area contributed by atoms with E-state index in [9.17, 15) is 4.79 Å². The molecule has 0 saturated heterocycles. The highest BCUT2D eigenvalue weighted by molar-refractivity contribution is 5.93. The maximum Gasteiger partial charge on any atom is 0.273 e. The Labute approximate surface area is 127 Å². The Kier molecular flexibility index (Phi) is 3.74. The normalized spacial score (nSPS) is 10.6. The van der Waals surface area contributed by atoms with Gasteiger partial charge in [-0.05, 0) is 13.0 Å². The lowest BCUT2D eigenvalue weighted by Gasteiger charge is -2.02. The molecule has 0 atom stereocenters. The Bertz CT molecular complexity index is 787. The van der Waals surface area contributed by atoms with Gasteiger partial charge in [0.1, 0.15) is 0 Å². The summed E-state index contributed by atoms with van der Waals surface area (Å²) in [6.07, 6.45) is 1.69. The van der Waals surface area contributed by atoms with E-state index < -0.39 is 0 Å². The minimum Gasteiger partial charge on any atom is -0.355 e. The van der Waals surface area contributed by atoms with Crippen LogP contribution < -0.4 is 5.32 Å². The van der Waals surface area contributed by atoms with Crippen LogP contribution in [0.1, 0.15) is 21.7 Å². The Morgan fingerprint density at radius 2 is 2.05 bits per heavy atom. The van der Waals surface area contributed by atoms with Crippen molar-refractivity contribution in [2.45, 2.75) is 13.5 Å². The van der Waals surface area contributed by atoms with Crippen LogP contribution in [-0.4, -0.2) is 20.8 Å². The predicted molar refractivity (Wildman–Crippen MR) is 81.1 cm³/mol. The fraction of sp³-hybridized carbons (Fsp3) is 0.188. The number of rotatable bonds is 4. The van der Waals surface area contributed by atoms with Gasteiger partial charge in [0.2, 0.25) is 0 Å². The number of hydrogen-bond acceptors (Lipinski definition) is 4. The average molecular weight is 296 g/mol. The first-order chi connectivity index (χ1) is 10.6. The molecular weight excluding hydrogens is 280 g/mol. The van der Waals surface area contributed by atoms with E-state index in [1.807, 2.05) is 44.3 Å². The van der Waals surface area contributed by atoms with Crippen LogP contribution >= 0.6 is 0 Å². The van der Waals surface area contributed by atoms with Crippen LogP contribution in [0, 0.1) is 6.92 Å².